The van der Waals surface area contributed by atoms with Gasteiger partial charge >= 0.3 is 6.03 Å². The van der Waals surface area contributed by atoms with Crippen LogP contribution in [0.4, 0.5) is 10.5 Å². The Morgan fingerprint density at radius 2 is 2.00 bits per heavy atom. The Morgan fingerprint density at radius 3 is 2.76 bits per heavy atom. The summed E-state index contributed by atoms with van der Waals surface area (Å²) < 4.78 is 7.69. The third-order valence-electron chi connectivity index (χ3n) is 4.98. The van der Waals surface area contributed by atoms with Gasteiger partial charge in [-0.25, -0.2) is 9.48 Å². The number of hydrogen-bond donors (Lipinski definition) is 1. The number of halogens is 1. The Kier molecular flexibility index (Phi) is 4.39. The largest absolute Gasteiger partial charge is 0.371 e. The molecule has 1 N–H and O–H groups in total. The molecule has 2 aliphatic rings. The normalized spacial score (nSPS) is 19.3. The number of benzene rings is 1. The summed E-state index contributed by atoms with van der Waals surface area (Å²) >= 11 is 5.91. The third kappa shape index (κ3) is 3.50. The summed E-state index contributed by atoms with van der Waals surface area (Å²) in [7, 11) is 0. The van der Waals surface area contributed by atoms with E-state index in [1.165, 1.54) is 12.8 Å². The Morgan fingerprint density at radius 1 is 1.24 bits per heavy atom. The number of amides is 2. The van der Waals surface area contributed by atoms with Gasteiger partial charge < -0.3 is 15.0 Å². The smallest absolute Gasteiger partial charge is 0.322 e. The molecule has 25 heavy (non-hydrogen) atoms. The standard InChI is InChI=1S/C18H21ClN4O2/c19-14-3-5-16(6-4-14)23-12-15(11-20-23)21-17(24)22-9-10-25-18(13-22)7-1-2-8-18/h3-6,11-12H,1-2,7-10,13H2,(H,21,24). The van der Waals surface area contributed by atoms with E-state index in [2.05, 4.69) is 10.4 Å². The Labute approximate surface area is 151 Å². The van der Waals surface area contributed by atoms with Crippen molar-refractivity contribution < 1.29 is 9.53 Å². The lowest BCUT2D eigenvalue weighted by Crippen LogP contribution is -2.53. The van der Waals surface area contributed by atoms with Crippen LogP contribution in [0.25, 0.3) is 5.69 Å². The van der Waals surface area contributed by atoms with E-state index in [0.717, 1.165) is 18.5 Å². The van der Waals surface area contributed by atoms with E-state index in [1.807, 2.05) is 29.2 Å². The fraction of sp³-hybridized carbons (Fsp3) is 0.444. The zero-order chi connectivity index (χ0) is 17.3. The Bertz CT molecular complexity index is 753. The van der Waals surface area contributed by atoms with Crippen molar-refractivity contribution in [2.45, 2.75) is 31.3 Å². The Balaban J connectivity index is 1.42. The molecule has 0 atom stereocenters. The van der Waals surface area contributed by atoms with E-state index in [0.29, 0.717) is 30.4 Å². The minimum absolute atomic E-state index is 0.0924. The van der Waals surface area contributed by atoms with Gasteiger partial charge in [-0.2, -0.15) is 5.10 Å². The quantitative estimate of drug-likeness (QED) is 0.888. The van der Waals surface area contributed by atoms with Gasteiger partial charge in [0.1, 0.15) is 0 Å². The molecule has 1 saturated carbocycles. The highest BCUT2D eigenvalue weighted by Crippen LogP contribution is 2.35. The van der Waals surface area contributed by atoms with Crippen molar-refractivity contribution in [1.29, 1.82) is 0 Å². The van der Waals surface area contributed by atoms with Gasteiger partial charge in [0.15, 0.2) is 0 Å². The van der Waals surface area contributed by atoms with Crippen LogP contribution in [0.15, 0.2) is 36.7 Å². The molecule has 0 unspecified atom stereocenters. The van der Waals surface area contributed by atoms with Gasteiger partial charge in [-0.1, -0.05) is 24.4 Å². The summed E-state index contributed by atoms with van der Waals surface area (Å²) in [4.78, 5) is 14.5. The zero-order valence-electron chi connectivity index (χ0n) is 13.9. The molecule has 2 amide bonds. The number of nitrogens with one attached hydrogen (secondary N) is 1. The molecule has 1 spiro atoms. The van der Waals surface area contributed by atoms with Crippen LogP contribution in [0, 0.1) is 0 Å². The number of urea groups is 1. The van der Waals surface area contributed by atoms with Crippen LogP contribution in [0.5, 0.6) is 0 Å². The number of aromatic nitrogens is 2. The first kappa shape index (κ1) is 16.4. The van der Waals surface area contributed by atoms with E-state index in [4.69, 9.17) is 16.3 Å². The number of rotatable bonds is 2. The first-order valence-electron chi connectivity index (χ1n) is 8.64. The number of carbonyl (C=O) groups excluding carboxylic acids is 1. The first-order valence-corrected chi connectivity index (χ1v) is 9.02. The predicted molar refractivity (Wildman–Crippen MR) is 96.3 cm³/mol. The fourth-order valence-electron chi connectivity index (χ4n) is 3.66. The number of anilines is 1. The summed E-state index contributed by atoms with van der Waals surface area (Å²) in [5, 5.41) is 7.92. The maximum Gasteiger partial charge on any atom is 0.322 e. The van der Waals surface area contributed by atoms with Crippen molar-refractivity contribution in [2.24, 2.45) is 0 Å². The monoisotopic (exact) mass is 360 g/mol. The fourth-order valence-corrected chi connectivity index (χ4v) is 3.79. The second-order valence-electron chi connectivity index (χ2n) is 6.74. The molecule has 2 aromatic rings. The van der Waals surface area contributed by atoms with Crippen LogP contribution in [0.1, 0.15) is 25.7 Å². The second kappa shape index (κ2) is 6.69. The molecule has 1 aliphatic carbocycles. The summed E-state index contributed by atoms with van der Waals surface area (Å²) in [6.45, 7) is 1.90. The number of hydrogen-bond acceptors (Lipinski definition) is 3. The SMILES string of the molecule is O=C(Nc1cnn(-c2ccc(Cl)cc2)c1)N1CCOC2(CCCC2)C1. The van der Waals surface area contributed by atoms with Crippen molar-refractivity contribution in [1.82, 2.24) is 14.7 Å². The summed E-state index contributed by atoms with van der Waals surface area (Å²) in [5.74, 6) is 0. The van der Waals surface area contributed by atoms with Gasteiger partial charge in [-0.3, -0.25) is 0 Å². The summed E-state index contributed by atoms with van der Waals surface area (Å²) in [6.07, 6.45) is 7.91. The maximum absolute atomic E-state index is 12.6. The summed E-state index contributed by atoms with van der Waals surface area (Å²) in [6, 6.07) is 7.29. The molecular weight excluding hydrogens is 340 g/mol. The molecule has 6 nitrogen and oxygen atoms in total. The summed E-state index contributed by atoms with van der Waals surface area (Å²) in [5.41, 5.74) is 1.44. The van der Waals surface area contributed by atoms with E-state index < -0.39 is 0 Å². The predicted octanol–water partition coefficient (Wildman–Crippen LogP) is 3.70. The topological polar surface area (TPSA) is 59.4 Å². The zero-order valence-corrected chi connectivity index (χ0v) is 14.7. The van der Waals surface area contributed by atoms with Crippen LogP contribution >= 0.6 is 11.6 Å². The average molecular weight is 361 g/mol. The molecule has 4 rings (SSSR count). The van der Waals surface area contributed by atoms with Crippen molar-refractivity contribution in [3.63, 3.8) is 0 Å². The number of morpholine rings is 1. The van der Waals surface area contributed by atoms with Crippen LogP contribution in [-0.4, -0.2) is 46.0 Å². The van der Waals surface area contributed by atoms with Crippen LogP contribution in [-0.2, 0) is 4.74 Å². The minimum atomic E-state index is -0.122. The van der Waals surface area contributed by atoms with Crippen molar-refractivity contribution in [3.05, 3.63) is 41.7 Å². The lowest BCUT2D eigenvalue weighted by atomic mass is 10.00. The third-order valence-corrected chi connectivity index (χ3v) is 5.23. The van der Waals surface area contributed by atoms with Gasteiger partial charge in [-0.15, -0.1) is 0 Å². The number of ether oxygens (including phenoxy) is 1. The van der Waals surface area contributed by atoms with Crippen molar-refractivity contribution in [3.8, 4) is 5.69 Å². The molecule has 1 aromatic heterocycles. The van der Waals surface area contributed by atoms with E-state index >= 15 is 0 Å². The molecule has 1 aliphatic heterocycles. The number of nitrogens with zero attached hydrogens (tertiary/aromatic N) is 3. The van der Waals surface area contributed by atoms with E-state index in [1.54, 1.807) is 17.1 Å². The van der Waals surface area contributed by atoms with Crippen molar-refractivity contribution in [2.75, 3.05) is 25.0 Å². The second-order valence-corrected chi connectivity index (χ2v) is 7.18. The molecular formula is C18H21ClN4O2. The highest BCUT2D eigenvalue weighted by molar-refractivity contribution is 6.30. The van der Waals surface area contributed by atoms with Gasteiger partial charge in [0.05, 0.1) is 42.5 Å². The molecule has 2 heterocycles. The van der Waals surface area contributed by atoms with Crippen LogP contribution in [0.2, 0.25) is 5.02 Å². The number of carbonyl (C=O) groups is 1. The molecule has 0 radical (unpaired) electrons. The highest BCUT2D eigenvalue weighted by atomic mass is 35.5. The van der Waals surface area contributed by atoms with Gasteiger partial charge in [-0.05, 0) is 37.1 Å². The molecule has 0 bridgehead atoms. The lowest BCUT2D eigenvalue weighted by Gasteiger charge is -2.40. The lowest BCUT2D eigenvalue weighted by molar-refractivity contribution is -0.0914. The van der Waals surface area contributed by atoms with Gasteiger partial charge in [0, 0.05) is 11.6 Å². The van der Waals surface area contributed by atoms with E-state index in [-0.39, 0.29) is 11.6 Å². The average Bonchev–Trinajstić information content (AvgIpc) is 3.26. The highest BCUT2D eigenvalue weighted by Gasteiger charge is 2.40. The van der Waals surface area contributed by atoms with Gasteiger partial charge in [0.25, 0.3) is 0 Å². The van der Waals surface area contributed by atoms with Crippen LogP contribution < -0.4 is 5.32 Å². The first-order chi connectivity index (χ1) is 12.1. The van der Waals surface area contributed by atoms with Crippen LogP contribution in [0.3, 0.4) is 0 Å². The van der Waals surface area contributed by atoms with Gasteiger partial charge in [0.2, 0.25) is 0 Å². The molecule has 7 heteroatoms. The molecule has 132 valence electrons. The minimum Gasteiger partial charge on any atom is -0.371 e. The molecule has 2 fully saturated rings. The van der Waals surface area contributed by atoms with Crippen molar-refractivity contribution >= 4 is 23.3 Å². The van der Waals surface area contributed by atoms with E-state index in [9.17, 15) is 4.79 Å². The Hall–Kier alpha value is -2.05. The molecule has 1 saturated heterocycles. The maximum atomic E-state index is 12.6. The molecule has 1 aromatic carbocycles.